The molecule has 3 atom stereocenters. The fraction of sp³-hybridized carbons (Fsp3) is 0.538. The molecule has 19 heavy (non-hydrogen) atoms. The maximum Gasteiger partial charge on any atom is 0.416 e. The van der Waals surface area contributed by atoms with Crippen LogP contribution >= 0.6 is 0 Å². The summed E-state index contributed by atoms with van der Waals surface area (Å²) in [6.07, 6.45) is -2.71. The van der Waals surface area contributed by atoms with Gasteiger partial charge in [0.15, 0.2) is 0 Å². The summed E-state index contributed by atoms with van der Waals surface area (Å²) in [5.41, 5.74) is -0.0744. The third kappa shape index (κ3) is 4.95. The summed E-state index contributed by atoms with van der Waals surface area (Å²) >= 11 is 0. The van der Waals surface area contributed by atoms with Crippen molar-refractivity contribution in [2.75, 3.05) is 12.8 Å². The average Bonchev–Trinajstić information content (AvgIpc) is 2.34. The predicted octanol–water partition coefficient (Wildman–Crippen LogP) is 3.12. The molecule has 0 aliphatic rings. The van der Waals surface area contributed by atoms with Gasteiger partial charge < -0.3 is 5.32 Å². The van der Waals surface area contributed by atoms with Crippen LogP contribution in [-0.4, -0.2) is 22.3 Å². The molecule has 0 fully saturated rings. The summed E-state index contributed by atoms with van der Waals surface area (Å²) in [6.45, 7) is 4.13. The highest BCUT2D eigenvalue weighted by atomic mass is 32.2. The van der Waals surface area contributed by atoms with Crippen molar-refractivity contribution in [1.82, 2.24) is 5.32 Å². The van der Waals surface area contributed by atoms with Crippen molar-refractivity contribution >= 4 is 10.8 Å². The Bertz CT molecular complexity index is 448. The lowest BCUT2D eigenvalue weighted by atomic mass is 10.0. The lowest BCUT2D eigenvalue weighted by Gasteiger charge is -2.18. The molecule has 1 aromatic rings. The van der Waals surface area contributed by atoms with Crippen molar-refractivity contribution in [2.24, 2.45) is 0 Å². The highest BCUT2D eigenvalue weighted by Crippen LogP contribution is 2.30. The van der Waals surface area contributed by atoms with Gasteiger partial charge in [-0.1, -0.05) is 12.1 Å². The minimum atomic E-state index is -4.33. The van der Waals surface area contributed by atoms with Crippen LogP contribution in [0.1, 0.15) is 31.0 Å². The van der Waals surface area contributed by atoms with Gasteiger partial charge in [0, 0.05) is 34.9 Å². The highest BCUT2D eigenvalue weighted by molar-refractivity contribution is 7.84. The first-order valence-corrected chi connectivity index (χ1v) is 7.56. The number of nitrogens with one attached hydrogen (secondary N) is 1. The van der Waals surface area contributed by atoms with Gasteiger partial charge in [0.25, 0.3) is 0 Å². The molecule has 6 heteroatoms. The number of rotatable bonds is 5. The first-order valence-electron chi connectivity index (χ1n) is 5.94. The Balaban J connectivity index is 2.72. The second-order valence-corrected chi connectivity index (χ2v) is 6.36. The van der Waals surface area contributed by atoms with Gasteiger partial charge in [-0.05, 0) is 31.5 Å². The van der Waals surface area contributed by atoms with Crippen LogP contribution in [0.4, 0.5) is 13.2 Å². The molecule has 0 aromatic heterocycles. The van der Waals surface area contributed by atoms with Crippen molar-refractivity contribution in [1.29, 1.82) is 0 Å². The van der Waals surface area contributed by atoms with Gasteiger partial charge in [-0.3, -0.25) is 4.21 Å². The Morgan fingerprint density at radius 1 is 1.32 bits per heavy atom. The molecule has 0 radical (unpaired) electrons. The van der Waals surface area contributed by atoms with E-state index in [-0.39, 0.29) is 11.3 Å². The number of halogens is 3. The molecule has 108 valence electrons. The Morgan fingerprint density at radius 2 is 1.95 bits per heavy atom. The topological polar surface area (TPSA) is 29.1 Å². The second kappa shape index (κ2) is 6.52. The van der Waals surface area contributed by atoms with E-state index in [1.54, 1.807) is 19.2 Å². The Labute approximate surface area is 113 Å². The normalized spacial score (nSPS) is 16.9. The first-order chi connectivity index (χ1) is 8.71. The van der Waals surface area contributed by atoms with Crippen molar-refractivity contribution in [2.45, 2.75) is 31.3 Å². The van der Waals surface area contributed by atoms with E-state index in [1.807, 2.05) is 6.92 Å². The molecule has 0 saturated heterocycles. The largest absolute Gasteiger partial charge is 0.416 e. The van der Waals surface area contributed by atoms with E-state index >= 15 is 0 Å². The van der Waals surface area contributed by atoms with Crippen LogP contribution in [0, 0.1) is 0 Å². The fourth-order valence-electron chi connectivity index (χ4n) is 1.56. The van der Waals surface area contributed by atoms with Gasteiger partial charge in [0.05, 0.1) is 5.56 Å². The SMILES string of the molecule is CC(NCC(C)S(C)=O)c1cccc(C(F)(F)F)c1. The summed E-state index contributed by atoms with van der Waals surface area (Å²) in [6, 6.07) is 5.04. The summed E-state index contributed by atoms with van der Waals surface area (Å²) in [7, 11) is -0.944. The van der Waals surface area contributed by atoms with Crippen LogP contribution < -0.4 is 5.32 Å². The molecule has 0 saturated carbocycles. The summed E-state index contributed by atoms with van der Waals surface area (Å²) < 4.78 is 49.0. The van der Waals surface area contributed by atoms with E-state index < -0.39 is 22.5 Å². The number of hydrogen-bond acceptors (Lipinski definition) is 2. The molecular weight excluding hydrogens is 275 g/mol. The van der Waals surface area contributed by atoms with Gasteiger partial charge in [0.1, 0.15) is 0 Å². The second-order valence-electron chi connectivity index (χ2n) is 4.56. The van der Waals surface area contributed by atoms with Gasteiger partial charge in [-0.15, -0.1) is 0 Å². The maximum absolute atomic E-state index is 12.6. The highest BCUT2D eigenvalue weighted by Gasteiger charge is 2.30. The van der Waals surface area contributed by atoms with E-state index in [9.17, 15) is 17.4 Å². The zero-order valence-electron chi connectivity index (χ0n) is 11.1. The molecule has 0 aliphatic carbocycles. The van der Waals surface area contributed by atoms with Crippen LogP contribution in [0.2, 0.25) is 0 Å². The van der Waals surface area contributed by atoms with E-state index in [4.69, 9.17) is 0 Å². The molecule has 0 aliphatic heterocycles. The lowest BCUT2D eigenvalue weighted by Crippen LogP contribution is -2.29. The van der Waals surface area contributed by atoms with E-state index in [2.05, 4.69) is 5.32 Å². The van der Waals surface area contributed by atoms with Gasteiger partial charge in [-0.2, -0.15) is 13.2 Å². The van der Waals surface area contributed by atoms with E-state index in [0.717, 1.165) is 12.1 Å². The monoisotopic (exact) mass is 293 g/mol. The zero-order chi connectivity index (χ0) is 14.6. The molecule has 3 unspecified atom stereocenters. The number of alkyl halides is 3. The molecule has 0 bridgehead atoms. The number of hydrogen-bond donors (Lipinski definition) is 1. The molecule has 0 amide bonds. The van der Waals surface area contributed by atoms with Crippen LogP contribution in [0.3, 0.4) is 0 Å². The minimum absolute atomic E-state index is 0.0340. The zero-order valence-corrected chi connectivity index (χ0v) is 11.9. The smallest absolute Gasteiger partial charge is 0.309 e. The van der Waals surface area contributed by atoms with E-state index in [0.29, 0.717) is 12.1 Å². The summed E-state index contributed by atoms with van der Waals surface area (Å²) in [4.78, 5) is 0. The van der Waals surface area contributed by atoms with Crippen LogP contribution in [0.25, 0.3) is 0 Å². The van der Waals surface area contributed by atoms with Gasteiger partial charge >= 0.3 is 6.18 Å². The molecular formula is C13H18F3NOS. The maximum atomic E-state index is 12.6. The van der Waals surface area contributed by atoms with Crippen LogP contribution in [-0.2, 0) is 17.0 Å². The molecule has 1 aromatic carbocycles. The molecule has 1 rings (SSSR count). The van der Waals surface area contributed by atoms with Crippen LogP contribution in [0.5, 0.6) is 0 Å². The third-order valence-electron chi connectivity index (χ3n) is 2.99. The van der Waals surface area contributed by atoms with Crippen molar-refractivity contribution < 1.29 is 17.4 Å². The predicted molar refractivity (Wildman–Crippen MR) is 71.4 cm³/mol. The Kier molecular flexibility index (Phi) is 5.55. The van der Waals surface area contributed by atoms with Gasteiger partial charge in [-0.25, -0.2) is 0 Å². The van der Waals surface area contributed by atoms with Crippen molar-refractivity contribution in [3.63, 3.8) is 0 Å². The molecule has 0 spiro atoms. The molecule has 0 heterocycles. The standard InChI is InChI=1S/C13H18F3NOS/c1-9(19(3)18)8-17-10(2)11-5-4-6-12(7-11)13(14,15)16/h4-7,9-10,17H,8H2,1-3H3. The summed E-state index contributed by atoms with van der Waals surface area (Å²) in [5, 5.41) is 3.06. The summed E-state index contributed by atoms with van der Waals surface area (Å²) in [5.74, 6) is 0. The van der Waals surface area contributed by atoms with Gasteiger partial charge in [0.2, 0.25) is 0 Å². The average molecular weight is 293 g/mol. The molecule has 1 N–H and O–H groups in total. The number of benzene rings is 1. The first kappa shape index (κ1) is 16.2. The van der Waals surface area contributed by atoms with Crippen molar-refractivity contribution in [3.05, 3.63) is 35.4 Å². The molecule has 2 nitrogen and oxygen atoms in total. The van der Waals surface area contributed by atoms with E-state index in [1.165, 1.54) is 6.07 Å². The quantitative estimate of drug-likeness (QED) is 0.903. The Morgan fingerprint density at radius 3 is 2.47 bits per heavy atom. The van der Waals surface area contributed by atoms with Crippen LogP contribution in [0.15, 0.2) is 24.3 Å². The third-order valence-corrected chi connectivity index (χ3v) is 4.29. The van der Waals surface area contributed by atoms with Crippen molar-refractivity contribution in [3.8, 4) is 0 Å². The Hall–Kier alpha value is -0.880. The fourth-order valence-corrected chi connectivity index (χ4v) is 1.89. The lowest BCUT2D eigenvalue weighted by molar-refractivity contribution is -0.137. The minimum Gasteiger partial charge on any atom is -0.309 e.